The molecule has 0 unspecified atom stereocenters. The lowest BCUT2D eigenvalue weighted by Gasteiger charge is -2.30. The monoisotopic (exact) mass is 439 g/mol. The molecular weight excluding hydrogens is 419 g/mol. The molecular formula is C21H21ClF3N3O2. The Morgan fingerprint density at radius 1 is 1.13 bits per heavy atom. The number of carbonyl (C=O) groups is 2. The maximum absolute atomic E-state index is 12.9. The van der Waals surface area contributed by atoms with Crippen molar-refractivity contribution in [1.29, 1.82) is 0 Å². The summed E-state index contributed by atoms with van der Waals surface area (Å²) >= 11 is 5.58. The first-order chi connectivity index (χ1) is 14.1. The fraction of sp³-hybridized carbons (Fsp3) is 0.333. The van der Waals surface area contributed by atoms with Crippen molar-refractivity contribution in [3.05, 3.63) is 64.2 Å². The van der Waals surface area contributed by atoms with Gasteiger partial charge in [0.05, 0.1) is 23.7 Å². The summed E-state index contributed by atoms with van der Waals surface area (Å²) in [7, 11) is 1.61. The van der Waals surface area contributed by atoms with Gasteiger partial charge in [-0.05, 0) is 42.8 Å². The summed E-state index contributed by atoms with van der Waals surface area (Å²) in [5, 5.41) is 1.98. The fourth-order valence-electron chi connectivity index (χ4n) is 3.36. The molecule has 1 aliphatic heterocycles. The molecule has 0 aromatic heterocycles. The number of carbonyl (C=O) groups excluding carboxylic acids is 2. The van der Waals surface area contributed by atoms with E-state index < -0.39 is 22.7 Å². The van der Waals surface area contributed by atoms with Crippen LogP contribution in [0.5, 0.6) is 0 Å². The van der Waals surface area contributed by atoms with E-state index in [0.29, 0.717) is 13.1 Å². The summed E-state index contributed by atoms with van der Waals surface area (Å²) in [5.74, 6) is -0.629. The molecule has 0 saturated carbocycles. The van der Waals surface area contributed by atoms with E-state index >= 15 is 0 Å². The topological polar surface area (TPSA) is 52.7 Å². The van der Waals surface area contributed by atoms with Crippen LogP contribution in [0.25, 0.3) is 0 Å². The quantitative estimate of drug-likeness (QED) is 0.770. The number of hydrogen-bond acceptors (Lipinski definition) is 3. The van der Waals surface area contributed by atoms with E-state index in [1.807, 2.05) is 18.2 Å². The zero-order chi connectivity index (χ0) is 21.9. The number of likely N-dealkylation sites (N-methyl/N-ethyl adjacent to an activating group) is 1. The number of hydrogen-bond donors (Lipinski definition) is 1. The van der Waals surface area contributed by atoms with Gasteiger partial charge in [-0.2, -0.15) is 13.2 Å². The fourth-order valence-corrected chi connectivity index (χ4v) is 3.59. The molecule has 3 rings (SSSR count). The highest BCUT2D eigenvalue weighted by atomic mass is 35.5. The van der Waals surface area contributed by atoms with Crippen LogP contribution in [0, 0.1) is 0 Å². The molecule has 5 nitrogen and oxygen atoms in total. The van der Waals surface area contributed by atoms with Gasteiger partial charge in [-0.1, -0.05) is 35.9 Å². The first-order valence-corrected chi connectivity index (χ1v) is 9.71. The predicted octanol–water partition coefficient (Wildman–Crippen LogP) is 3.81. The third-order valence-electron chi connectivity index (χ3n) is 4.86. The lowest BCUT2D eigenvalue weighted by atomic mass is 10.00. The van der Waals surface area contributed by atoms with E-state index in [2.05, 4.69) is 11.4 Å². The number of anilines is 1. The Morgan fingerprint density at radius 3 is 2.53 bits per heavy atom. The van der Waals surface area contributed by atoms with Gasteiger partial charge in [0, 0.05) is 18.8 Å². The molecule has 0 bridgehead atoms. The second kappa shape index (κ2) is 9.06. The Morgan fingerprint density at radius 2 is 1.83 bits per heavy atom. The van der Waals surface area contributed by atoms with Crippen LogP contribution in [-0.2, 0) is 28.7 Å². The van der Waals surface area contributed by atoms with Gasteiger partial charge in [0.25, 0.3) is 0 Å². The number of rotatable bonds is 5. The molecule has 0 atom stereocenters. The highest BCUT2D eigenvalue weighted by Gasteiger charge is 2.33. The van der Waals surface area contributed by atoms with Crippen molar-refractivity contribution >= 4 is 29.1 Å². The van der Waals surface area contributed by atoms with Crippen LogP contribution in [0.2, 0.25) is 5.02 Å². The minimum Gasteiger partial charge on any atom is -0.337 e. The zero-order valence-corrected chi connectivity index (χ0v) is 17.1. The molecule has 0 saturated heterocycles. The molecule has 2 aromatic carbocycles. The molecule has 0 aliphatic carbocycles. The SMILES string of the molecule is CN(CC(=O)Nc1ccc(Cl)c(C(F)(F)F)c1)CC(=O)N1CCc2ccccc2C1. The Kier molecular flexibility index (Phi) is 6.67. The van der Waals surface area contributed by atoms with Crippen LogP contribution >= 0.6 is 11.6 Å². The van der Waals surface area contributed by atoms with Gasteiger partial charge in [0.2, 0.25) is 11.8 Å². The smallest absolute Gasteiger partial charge is 0.337 e. The van der Waals surface area contributed by atoms with E-state index in [1.165, 1.54) is 16.5 Å². The van der Waals surface area contributed by atoms with Gasteiger partial charge in [0.15, 0.2) is 0 Å². The van der Waals surface area contributed by atoms with Crippen LogP contribution in [-0.4, -0.2) is 48.3 Å². The van der Waals surface area contributed by atoms with Crippen molar-refractivity contribution in [1.82, 2.24) is 9.80 Å². The average molecular weight is 440 g/mol. The van der Waals surface area contributed by atoms with Crippen LogP contribution in [0.3, 0.4) is 0 Å². The number of alkyl halides is 3. The third kappa shape index (κ3) is 5.52. The first-order valence-electron chi connectivity index (χ1n) is 9.33. The summed E-state index contributed by atoms with van der Waals surface area (Å²) < 4.78 is 38.8. The molecule has 1 N–H and O–H groups in total. The maximum atomic E-state index is 12.9. The molecule has 160 valence electrons. The Hall–Kier alpha value is -2.58. The van der Waals surface area contributed by atoms with Crippen LogP contribution < -0.4 is 5.32 Å². The van der Waals surface area contributed by atoms with Crippen molar-refractivity contribution < 1.29 is 22.8 Å². The highest BCUT2D eigenvalue weighted by molar-refractivity contribution is 6.31. The number of amides is 2. The molecule has 9 heteroatoms. The molecule has 0 radical (unpaired) electrons. The molecule has 1 aliphatic rings. The summed E-state index contributed by atoms with van der Waals surface area (Å²) in [6.07, 6.45) is -3.84. The molecule has 2 aromatic rings. The normalized spacial score (nSPS) is 13.9. The van der Waals surface area contributed by atoms with Crippen molar-refractivity contribution in [3.8, 4) is 0 Å². The lowest BCUT2D eigenvalue weighted by Crippen LogP contribution is -2.43. The second-order valence-corrected chi connectivity index (χ2v) is 7.65. The average Bonchev–Trinajstić information content (AvgIpc) is 2.68. The van der Waals surface area contributed by atoms with Gasteiger partial charge in [-0.15, -0.1) is 0 Å². The minimum atomic E-state index is -4.62. The molecule has 2 amide bonds. The maximum Gasteiger partial charge on any atom is 0.417 e. The Labute approximate surface area is 177 Å². The summed E-state index contributed by atoms with van der Waals surface area (Å²) in [4.78, 5) is 28.0. The highest BCUT2D eigenvalue weighted by Crippen LogP contribution is 2.36. The summed E-state index contributed by atoms with van der Waals surface area (Å²) in [6.45, 7) is 1.03. The number of nitrogens with zero attached hydrogens (tertiary/aromatic N) is 2. The van der Waals surface area contributed by atoms with E-state index in [9.17, 15) is 22.8 Å². The first kappa shape index (κ1) is 22.1. The lowest BCUT2D eigenvalue weighted by molar-refractivity contribution is -0.137. The Bertz CT molecular complexity index is 949. The van der Waals surface area contributed by atoms with Gasteiger partial charge in [-0.25, -0.2) is 0 Å². The van der Waals surface area contributed by atoms with Crippen molar-refractivity contribution in [2.24, 2.45) is 0 Å². The van der Waals surface area contributed by atoms with Crippen LogP contribution in [0.1, 0.15) is 16.7 Å². The number of halogens is 4. The van der Waals surface area contributed by atoms with Gasteiger partial charge >= 0.3 is 6.18 Å². The largest absolute Gasteiger partial charge is 0.417 e. The summed E-state index contributed by atoms with van der Waals surface area (Å²) in [6, 6.07) is 11.1. The number of fused-ring (bicyclic) bond motifs is 1. The van der Waals surface area contributed by atoms with Gasteiger partial charge < -0.3 is 10.2 Å². The zero-order valence-electron chi connectivity index (χ0n) is 16.3. The van der Waals surface area contributed by atoms with E-state index in [0.717, 1.165) is 24.1 Å². The molecule has 0 spiro atoms. The van der Waals surface area contributed by atoms with Crippen molar-refractivity contribution in [2.45, 2.75) is 19.1 Å². The van der Waals surface area contributed by atoms with E-state index in [-0.39, 0.29) is 24.7 Å². The van der Waals surface area contributed by atoms with Crippen LogP contribution in [0.15, 0.2) is 42.5 Å². The standard InChI is InChI=1S/C21H21ClF3N3O2/c1-27(13-20(30)28-9-8-14-4-2-3-5-15(14)11-28)12-19(29)26-16-6-7-18(22)17(10-16)21(23,24)25/h2-7,10H,8-9,11-13H2,1H3,(H,26,29). The molecule has 1 heterocycles. The van der Waals surface area contributed by atoms with E-state index in [1.54, 1.807) is 11.9 Å². The molecule has 0 fully saturated rings. The van der Waals surface area contributed by atoms with Crippen LogP contribution in [0.4, 0.5) is 18.9 Å². The Balaban J connectivity index is 1.53. The minimum absolute atomic E-state index is 0.0101. The second-order valence-electron chi connectivity index (χ2n) is 7.25. The van der Waals surface area contributed by atoms with Gasteiger partial charge in [-0.3, -0.25) is 14.5 Å². The van der Waals surface area contributed by atoms with Gasteiger partial charge in [0.1, 0.15) is 0 Å². The number of benzene rings is 2. The summed E-state index contributed by atoms with van der Waals surface area (Å²) in [5.41, 5.74) is 1.32. The van der Waals surface area contributed by atoms with E-state index in [4.69, 9.17) is 11.6 Å². The van der Waals surface area contributed by atoms with Crippen molar-refractivity contribution in [3.63, 3.8) is 0 Å². The number of nitrogens with one attached hydrogen (secondary N) is 1. The van der Waals surface area contributed by atoms with Crippen molar-refractivity contribution in [2.75, 3.05) is 32.0 Å². The molecule has 30 heavy (non-hydrogen) atoms. The predicted molar refractivity (Wildman–Crippen MR) is 108 cm³/mol. The third-order valence-corrected chi connectivity index (χ3v) is 5.19.